The third-order valence-corrected chi connectivity index (χ3v) is 3.92. The third-order valence-electron chi connectivity index (χ3n) is 3.92. The fraction of sp³-hybridized carbons (Fsp3) is 0.857. The van der Waals surface area contributed by atoms with Crippen LogP contribution < -0.4 is 5.32 Å². The maximum Gasteiger partial charge on any atom is 0.240 e. The molecule has 1 rings (SSSR count). The Hall–Kier alpha value is -1.08. The van der Waals surface area contributed by atoms with E-state index >= 15 is 0 Å². The Labute approximate surface area is 109 Å². The number of carbonyl (C=O) groups is 1. The molecule has 0 saturated heterocycles. The molecule has 1 saturated carbocycles. The van der Waals surface area contributed by atoms with Crippen LogP contribution in [-0.4, -0.2) is 23.7 Å². The number of nitrogens with one attached hydrogen (secondary N) is 1. The highest BCUT2D eigenvalue weighted by atomic mass is 16.3. The molecular formula is C14H24N2O2. The summed E-state index contributed by atoms with van der Waals surface area (Å²) in [4.78, 5) is 12.3. The summed E-state index contributed by atoms with van der Waals surface area (Å²) >= 11 is 0. The Kier molecular flexibility index (Phi) is 5.61. The van der Waals surface area contributed by atoms with Crippen molar-refractivity contribution in [3.8, 4) is 6.07 Å². The van der Waals surface area contributed by atoms with Crippen LogP contribution in [0.15, 0.2) is 0 Å². The molecule has 1 aliphatic carbocycles. The molecule has 0 heterocycles. The molecular weight excluding hydrogens is 228 g/mol. The number of amides is 1. The lowest BCUT2D eigenvalue weighted by atomic mass is 9.80. The zero-order chi connectivity index (χ0) is 13.6. The van der Waals surface area contributed by atoms with Crippen LogP contribution in [0.3, 0.4) is 0 Å². The Morgan fingerprint density at radius 1 is 1.33 bits per heavy atom. The number of nitriles is 1. The van der Waals surface area contributed by atoms with Crippen molar-refractivity contribution in [2.75, 3.05) is 6.61 Å². The van der Waals surface area contributed by atoms with Crippen LogP contribution in [-0.2, 0) is 4.79 Å². The molecule has 0 spiro atoms. The van der Waals surface area contributed by atoms with Gasteiger partial charge in [-0.15, -0.1) is 0 Å². The number of rotatable bonds is 4. The molecule has 0 aromatic rings. The number of hydrogen-bond acceptors (Lipinski definition) is 3. The van der Waals surface area contributed by atoms with Crippen LogP contribution in [0.25, 0.3) is 0 Å². The molecule has 4 heteroatoms. The van der Waals surface area contributed by atoms with Crippen LogP contribution in [0, 0.1) is 22.7 Å². The highest BCUT2D eigenvalue weighted by molar-refractivity contribution is 5.85. The average Bonchev–Trinajstić information content (AvgIpc) is 2.61. The molecule has 18 heavy (non-hydrogen) atoms. The van der Waals surface area contributed by atoms with Crippen LogP contribution in [0.1, 0.15) is 52.4 Å². The summed E-state index contributed by atoms with van der Waals surface area (Å²) in [6, 6.07) is 1.97. The third kappa shape index (κ3) is 3.46. The van der Waals surface area contributed by atoms with Crippen molar-refractivity contribution in [3.63, 3.8) is 0 Å². The van der Waals surface area contributed by atoms with Crippen molar-refractivity contribution in [3.05, 3.63) is 0 Å². The quantitative estimate of drug-likeness (QED) is 0.751. The lowest BCUT2D eigenvalue weighted by molar-refractivity contribution is -0.130. The first-order valence-electron chi connectivity index (χ1n) is 6.89. The van der Waals surface area contributed by atoms with Crippen molar-refractivity contribution in [2.24, 2.45) is 11.3 Å². The van der Waals surface area contributed by atoms with Crippen molar-refractivity contribution in [2.45, 2.75) is 58.4 Å². The van der Waals surface area contributed by atoms with E-state index in [9.17, 15) is 15.2 Å². The van der Waals surface area contributed by atoms with Gasteiger partial charge in [-0.3, -0.25) is 4.79 Å². The summed E-state index contributed by atoms with van der Waals surface area (Å²) in [5.74, 6) is -0.0277. The zero-order valence-corrected chi connectivity index (χ0v) is 11.4. The second-order valence-electron chi connectivity index (χ2n) is 5.61. The predicted octanol–water partition coefficient (Wildman–Crippen LogP) is 1.98. The minimum absolute atomic E-state index is 0.0785. The highest BCUT2D eigenvalue weighted by Gasteiger charge is 2.39. The Morgan fingerprint density at radius 2 is 1.89 bits per heavy atom. The van der Waals surface area contributed by atoms with Gasteiger partial charge in [-0.2, -0.15) is 5.26 Å². The summed E-state index contributed by atoms with van der Waals surface area (Å²) in [5, 5.41) is 21.5. The lowest BCUT2D eigenvalue weighted by Crippen LogP contribution is -2.48. The molecule has 2 N–H and O–H groups in total. The van der Waals surface area contributed by atoms with Crippen molar-refractivity contribution < 1.29 is 9.90 Å². The normalized spacial score (nSPS) is 20.8. The molecule has 0 radical (unpaired) electrons. The van der Waals surface area contributed by atoms with Gasteiger partial charge in [-0.25, -0.2) is 0 Å². The summed E-state index contributed by atoms with van der Waals surface area (Å²) in [6.07, 6.45) is 5.37. The maximum atomic E-state index is 12.3. The van der Waals surface area contributed by atoms with E-state index in [1.165, 1.54) is 0 Å². The van der Waals surface area contributed by atoms with Crippen LogP contribution in [0.4, 0.5) is 0 Å². The van der Waals surface area contributed by atoms with Crippen LogP contribution in [0.5, 0.6) is 0 Å². The van der Waals surface area contributed by atoms with Crippen LogP contribution >= 0.6 is 0 Å². The maximum absolute atomic E-state index is 12.3. The first-order valence-corrected chi connectivity index (χ1v) is 6.89. The number of aliphatic hydroxyl groups is 1. The monoisotopic (exact) mass is 252 g/mol. The zero-order valence-electron chi connectivity index (χ0n) is 11.4. The fourth-order valence-corrected chi connectivity index (χ4v) is 2.45. The Morgan fingerprint density at radius 3 is 2.28 bits per heavy atom. The molecule has 0 aromatic heterocycles. The van der Waals surface area contributed by atoms with Gasteiger partial charge in [0.05, 0.1) is 18.7 Å². The molecule has 1 fully saturated rings. The molecule has 4 nitrogen and oxygen atoms in total. The summed E-state index contributed by atoms with van der Waals surface area (Å²) in [6.45, 7) is 3.82. The second kappa shape index (κ2) is 6.75. The SMILES string of the molecule is CC(C)C(CO)NC(=O)C1(C#N)CCCCCC1. The Balaban J connectivity index is 2.75. The van der Waals surface area contributed by atoms with E-state index in [0.717, 1.165) is 25.7 Å². The van der Waals surface area contributed by atoms with Gasteiger partial charge in [0.2, 0.25) is 5.91 Å². The van der Waals surface area contributed by atoms with E-state index in [1.54, 1.807) is 0 Å². The minimum atomic E-state index is -0.876. The van der Waals surface area contributed by atoms with Gasteiger partial charge >= 0.3 is 0 Å². The Bertz CT molecular complexity index is 312. The number of nitrogens with zero attached hydrogens (tertiary/aromatic N) is 1. The van der Waals surface area contributed by atoms with Crippen molar-refractivity contribution in [1.29, 1.82) is 5.26 Å². The van der Waals surface area contributed by atoms with Gasteiger partial charge in [0.25, 0.3) is 0 Å². The topological polar surface area (TPSA) is 73.1 Å². The average molecular weight is 252 g/mol. The van der Waals surface area contributed by atoms with Gasteiger partial charge in [0.1, 0.15) is 5.41 Å². The van der Waals surface area contributed by atoms with Crippen molar-refractivity contribution in [1.82, 2.24) is 5.32 Å². The van der Waals surface area contributed by atoms with E-state index in [1.807, 2.05) is 13.8 Å². The molecule has 0 aliphatic heterocycles. The van der Waals surface area contributed by atoms with Gasteiger partial charge in [-0.05, 0) is 18.8 Å². The smallest absolute Gasteiger partial charge is 0.240 e. The van der Waals surface area contributed by atoms with Gasteiger partial charge < -0.3 is 10.4 Å². The predicted molar refractivity (Wildman–Crippen MR) is 69.6 cm³/mol. The first kappa shape index (κ1) is 15.0. The fourth-order valence-electron chi connectivity index (χ4n) is 2.45. The number of carbonyl (C=O) groups excluding carboxylic acids is 1. The van der Waals surface area contributed by atoms with E-state index in [-0.39, 0.29) is 24.5 Å². The summed E-state index contributed by atoms with van der Waals surface area (Å²) in [7, 11) is 0. The van der Waals surface area contributed by atoms with Gasteiger partial charge in [0.15, 0.2) is 0 Å². The summed E-state index contributed by atoms with van der Waals surface area (Å²) < 4.78 is 0. The molecule has 1 aliphatic rings. The van der Waals surface area contributed by atoms with Gasteiger partial charge in [0, 0.05) is 0 Å². The van der Waals surface area contributed by atoms with E-state index in [4.69, 9.17) is 0 Å². The molecule has 0 aromatic carbocycles. The first-order chi connectivity index (χ1) is 8.55. The molecule has 1 amide bonds. The van der Waals surface area contributed by atoms with E-state index in [2.05, 4.69) is 11.4 Å². The summed E-state index contributed by atoms with van der Waals surface area (Å²) in [5.41, 5.74) is -0.876. The minimum Gasteiger partial charge on any atom is -0.394 e. The molecule has 1 atom stereocenters. The number of aliphatic hydroxyl groups excluding tert-OH is 1. The molecule has 1 unspecified atom stereocenters. The molecule has 102 valence electrons. The number of hydrogen-bond donors (Lipinski definition) is 2. The lowest BCUT2D eigenvalue weighted by Gasteiger charge is -2.28. The largest absolute Gasteiger partial charge is 0.394 e. The highest BCUT2D eigenvalue weighted by Crippen LogP contribution is 2.34. The van der Waals surface area contributed by atoms with Gasteiger partial charge in [-0.1, -0.05) is 39.5 Å². The van der Waals surface area contributed by atoms with E-state index in [0.29, 0.717) is 12.8 Å². The van der Waals surface area contributed by atoms with Crippen molar-refractivity contribution >= 4 is 5.91 Å². The second-order valence-corrected chi connectivity index (χ2v) is 5.61. The molecule has 0 bridgehead atoms. The standard InChI is InChI=1S/C14H24N2O2/c1-11(2)12(9-17)16-13(18)14(10-15)7-5-3-4-6-8-14/h11-12,17H,3-9H2,1-2H3,(H,16,18). The van der Waals surface area contributed by atoms with Crippen LogP contribution in [0.2, 0.25) is 0 Å². The van der Waals surface area contributed by atoms with E-state index < -0.39 is 5.41 Å².